The smallest absolute Gasteiger partial charge is 0.262 e. The zero-order valence-corrected chi connectivity index (χ0v) is 17.4. The van der Waals surface area contributed by atoms with Gasteiger partial charge in [0.1, 0.15) is 6.04 Å². The quantitative estimate of drug-likeness (QED) is 0.618. The van der Waals surface area contributed by atoms with Gasteiger partial charge in [-0.3, -0.25) is 29.4 Å². The van der Waals surface area contributed by atoms with Crippen molar-refractivity contribution < 1.29 is 19.2 Å². The minimum Gasteiger partial charge on any atom is -0.316 e. The van der Waals surface area contributed by atoms with Gasteiger partial charge in [0.05, 0.1) is 11.1 Å². The number of hydrogen-bond acceptors (Lipinski definition) is 6. The maximum absolute atomic E-state index is 12.9. The summed E-state index contributed by atoms with van der Waals surface area (Å²) in [5.41, 5.74) is 1.83. The summed E-state index contributed by atoms with van der Waals surface area (Å²) in [5, 5.41) is 9.14. The van der Waals surface area contributed by atoms with Crippen LogP contribution in [0.15, 0.2) is 18.2 Å². The Labute approximate surface area is 175 Å². The summed E-state index contributed by atoms with van der Waals surface area (Å²) in [7, 11) is 0. The lowest BCUT2D eigenvalue weighted by Crippen LogP contribution is -2.54. The minimum absolute atomic E-state index is 0.116. The summed E-state index contributed by atoms with van der Waals surface area (Å²) < 4.78 is 0. The molecule has 2 fully saturated rings. The Morgan fingerprint density at radius 1 is 1.13 bits per heavy atom. The van der Waals surface area contributed by atoms with Gasteiger partial charge in [-0.05, 0) is 61.5 Å². The third kappa shape index (κ3) is 3.77. The average molecular weight is 412 g/mol. The van der Waals surface area contributed by atoms with Crippen LogP contribution in [0.5, 0.6) is 0 Å². The fourth-order valence-electron chi connectivity index (χ4n) is 4.53. The van der Waals surface area contributed by atoms with Crippen molar-refractivity contribution in [3.63, 3.8) is 0 Å². The van der Waals surface area contributed by atoms with Gasteiger partial charge in [-0.1, -0.05) is 19.9 Å². The third-order valence-corrected chi connectivity index (χ3v) is 6.67. The molecular weight excluding hydrogens is 384 g/mol. The second kappa shape index (κ2) is 7.92. The Kier molecular flexibility index (Phi) is 5.46. The van der Waals surface area contributed by atoms with Gasteiger partial charge in [-0.25, -0.2) is 0 Å². The molecule has 0 bridgehead atoms. The molecule has 3 heterocycles. The van der Waals surface area contributed by atoms with Gasteiger partial charge in [0.15, 0.2) is 0 Å². The van der Waals surface area contributed by atoms with Crippen molar-refractivity contribution in [1.29, 1.82) is 0 Å². The summed E-state index contributed by atoms with van der Waals surface area (Å²) in [6.45, 7) is 8.09. The van der Waals surface area contributed by atoms with Crippen LogP contribution in [0.4, 0.5) is 0 Å². The largest absolute Gasteiger partial charge is 0.316 e. The lowest BCUT2D eigenvalue weighted by molar-refractivity contribution is -0.136. The number of hydrogen-bond donors (Lipinski definition) is 3. The van der Waals surface area contributed by atoms with E-state index in [0.29, 0.717) is 23.6 Å². The molecule has 3 N–H and O–H groups in total. The Morgan fingerprint density at radius 2 is 1.90 bits per heavy atom. The van der Waals surface area contributed by atoms with E-state index < -0.39 is 23.8 Å². The van der Waals surface area contributed by atoms with E-state index in [0.717, 1.165) is 36.5 Å². The molecule has 2 atom stereocenters. The molecule has 8 heteroatoms. The van der Waals surface area contributed by atoms with Crippen molar-refractivity contribution in [2.24, 2.45) is 11.3 Å². The van der Waals surface area contributed by atoms with Crippen molar-refractivity contribution in [1.82, 2.24) is 20.9 Å². The first kappa shape index (κ1) is 20.7. The Hall–Kier alpha value is -2.58. The number of fused-ring (bicyclic) bond motifs is 1. The zero-order chi connectivity index (χ0) is 21.5. The molecule has 4 rings (SSSR count). The predicted octanol–water partition coefficient (Wildman–Crippen LogP) is 0.813. The Morgan fingerprint density at radius 3 is 2.63 bits per heavy atom. The standard InChI is InChI=1S/C22H28N4O4/c1-22(2)7-8-23-11-14(22)12-24-10-13-3-4-15-16(9-13)21(30)26(20(15)29)17-5-6-18(27)25-19(17)28/h3-4,9,14,17,23-24H,5-8,10-12H2,1-2H3,(H,25,27,28). The highest BCUT2D eigenvalue weighted by atomic mass is 16.2. The molecule has 0 aromatic heterocycles. The highest BCUT2D eigenvalue weighted by molar-refractivity contribution is 6.23. The molecule has 1 aromatic rings. The van der Waals surface area contributed by atoms with Crippen molar-refractivity contribution in [2.75, 3.05) is 19.6 Å². The SMILES string of the molecule is CC1(C)CCNCC1CNCc1ccc2c(c1)C(=O)N(C1CCC(=O)NC1=O)C2=O. The molecule has 4 amide bonds. The van der Waals surface area contributed by atoms with Gasteiger partial charge in [0.2, 0.25) is 11.8 Å². The van der Waals surface area contributed by atoms with E-state index in [-0.39, 0.29) is 24.2 Å². The van der Waals surface area contributed by atoms with Crippen molar-refractivity contribution >= 4 is 23.6 Å². The van der Waals surface area contributed by atoms with Gasteiger partial charge in [0, 0.05) is 13.0 Å². The maximum Gasteiger partial charge on any atom is 0.262 e. The monoisotopic (exact) mass is 412 g/mol. The number of nitrogens with zero attached hydrogens (tertiary/aromatic N) is 1. The van der Waals surface area contributed by atoms with Crippen molar-refractivity contribution in [3.8, 4) is 0 Å². The topological polar surface area (TPSA) is 108 Å². The van der Waals surface area contributed by atoms with Crippen molar-refractivity contribution in [2.45, 2.75) is 45.7 Å². The maximum atomic E-state index is 12.9. The molecule has 3 aliphatic heterocycles. The lowest BCUT2D eigenvalue weighted by atomic mass is 9.74. The number of nitrogens with one attached hydrogen (secondary N) is 3. The van der Waals surface area contributed by atoms with E-state index >= 15 is 0 Å². The number of carbonyl (C=O) groups is 4. The summed E-state index contributed by atoms with van der Waals surface area (Å²) in [4.78, 5) is 50.2. The number of benzene rings is 1. The normalized spacial score (nSPS) is 26.0. The average Bonchev–Trinajstić information content (AvgIpc) is 2.94. The summed E-state index contributed by atoms with van der Waals surface area (Å²) in [6, 6.07) is 4.30. The fraction of sp³-hybridized carbons (Fsp3) is 0.545. The van der Waals surface area contributed by atoms with Gasteiger partial charge in [-0.15, -0.1) is 0 Å². The Bertz CT molecular complexity index is 910. The highest BCUT2D eigenvalue weighted by Crippen LogP contribution is 2.32. The number of rotatable bonds is 5. The molecule has 8 nitrogen and oxygen atoms in total. The first-order valence-electron chi connectivity index (χ1n) is 10.5. The molecule has 0 saturated carbocycles. The third-order valence-electron chi connectivity index (χ3n) is 6.67. The molecule has 2 unspecified atom stereocenters. The van der Waals surface area contributed by atoms with Crippen LogP contribution >= 0.6 is 0 Å². The van der Waals surface area contributed by atoms with Crippen LogP contribution in [-0.4, -0.2) is 54.2 Å². The molecule has 1 aromatic carbocycles. The first-order valence-corrected chi connectivity index (χ1v) is 10.5. The van der Waals surface area contributed by atoms with Crippen LogP contribution in [0.3, 0.4) is 0 Å². The molecule has 2 saturated heterocycles. The second-order valence-electron chi connectivity index (χ2n) is 9.10. The summed E-state index contributed by atoms with van der Waals surface area (Å²) >= 11 is 0. The molecule has 3 aliphatic rings. The number of piperidine rings is 2. The Balaban J connectivity index is 1.43. The molecule has 0 spiro atoms. The second-order valence-corrected chi connectivity index (χ2v) is 9.10. The van der Waals surface area contributed by atoms with Crippen molar-refractivity contribution in [3.05, 3.63) is 34.9 Å². The van der Waals surface area contributed by atoms with Crippen LogP contribution < -0.4 is 16.0 Å². The highest BCUT2D eigenvalue weighted by Gasteiger charge is 2.44. The van der Waals surface area contributed by atoms with Gasteiger partial charge >= 0.3 is 0 Å². The van der Waals surface area contributed by atoms with E-state index in [4.69, 9.17) is 0 Å². The number of imide groups is 2. The molecule has 30 heavy (non-hydrogen) atoms. The fourth-order valence-corrected chi connectivity index (χ4v) is 4.53. The number of amides is 4. The van der Waals surface area contributed by atoms with Gasteiger partial charge < -0.3 is 10.6 Å². The first-order chi connectivity index (χ1) is 14.3. The molecule has 160 valence electrons. The van der Waals surface area contributed by atoms with E-state index in [9.17, 15) is 19.2 Å². The van der Waals surface area contributed by atoms with Crippen LogP contribution in [0.1, 0.15) is 59.4 Å². The number of carbonyl (C=O) groups excluding carboxylic acids is 4. The molecular formula is C22H28N4O4. The predicted molar refractivity (Wildman–Crippen MR) is 110 cm³/mol. The van der Waals surface area contributed by atoms with E-state index in [1.807, 2.05) is 6.07 Å². The molecule has 0 radical (unpaired) electrons. The van der Waals surface area contributed by atoms with Crippen LogP contribution in [-0.2, 0) is 16.1 Å². The zero-order valence-electron chi connectivity index (χ0n) is 17.4. The van der Waals surface area contributed by atoms with Crippen LogP contribution in [0, 0.1) is 11.3 Å². The van der Waals surface area contributed by atoms with Gasteiger partial charge in [0.25, 0.3) is 11.8 Å². The van der Waals surface area contributed by atoms with Gasteiger partial charge in [-0.2, -0.15) is 0 Å². The summed E-state index contributed by atoms with van der Waals surface area (Å²) in [6.07, 6.45) is 1.42. The molecule has 0 aliphatic carbocycles. The lowest BCUT2D eigenvalue weighted by Gasteiger charge is -2.39. The van der Waals surface area contributed by atoms with E-state index in [1.54, 1.807) is 12.1 Å². The van der Waals surface area contributed by atoms with Crippen LogP contribution in [0.25, 0.3) is 0 Å². The van der Waals surface area contributed by atoms with E-state index in [1.165, 1.54) is 0 Å². The summed E-state index contributed by atoms with van der Waals surface area (Å²) in [5.74, 6) is -1.39. The van der Waals surface area contributed by atoms with E-state index in [2.05, 4.69) is 29.8 Å². The minimum atomic E-state index is -0.933. The van der Waals surface area contributed by atoms with Crippen LogP contribution in [0.2, 0.25) is 0 Å².